The number of carbonyl (C=O) groups excluding carboxylic acids is 1. The van der Waals surface area contributed by atoms with Crippen LogP contribution >= 0.6 is 0 Å². The van der Waals surface area contributed by atoms with Crippen molar-refractivity contribution in [2.75, 3.05) is 31.2 Å². The molecule has 27 heavy (non-hydrogen) atoms. The number of phenolic OH excluding ortho intramolecular Hbond substituents is 1. The van der Waals surface area contributed by atoms with E-state index < -0.39 is 11.8 Å². The Morgan fingerprint density at radius 3 is 2.44 bits per heavy atom. The Bertz CT molecular complexity index is 831. The molecular weight excluding hydrogens is 346 g/mol. The predicted molar refractivity (Wildman–Crippen MR) is 104 cm³/mol. The summed E-state index contributed by atoms with van der Waals surface area (Å²) in [4.78, 5) is 26.0. The van der Waals surface area contributed by atoms with Gasteiger partial charge in [0.05, 0.1) is 17.7 Å². The number of hydrogen-bond acceptors (Lipinski definition) is 5. The summed E-state index contributed by atoms with van der Waals surface area (Å²) in [7, 11) is 0. The fraction of sp³-hybridized carbons (Fsp3) is 0.238. The zero-order valence-corrected chi connectivity index (χ0v) is 15.2. The maximum absolute atomic E-state index is 12.7. The standard InChI is InChI=1S/C21H23NO5/c1-3-11-22(12-13-27-4-2)15-9-10-18(19(23)14-15)20(24)16-7-5-6-8-17(16)21(25)26/h3,5-10,14,23H,1,4,11-13H2,2H3,(H,25,26). The Hall–Kier alpha value is -3.12. The third kappa shape index (κ3) is 4.95. The van der Waals surface area contributed by atoms with Gasteiger partial charge in [-0.15, -0.1) is 6.58 Å². The fourth-order valence-electron chi connectivity index (χ4n) is 2.72. The fourth-order valence-corrected chi connectivity index (χ4v) is 2.72. The molecule has 0 atom stereocenters. The normalized spacial score (nSPS) is 10.4. The highest BCUT2D eigenvalue weighted by Gasteiger charge is 2.20. The molecule has 0 saturated carbocycles. The van der Waals surface area contributed by atoms with Gasteiger partial charge in [-0.2, -0.15) is 0 Å². The molecule has 0 fully saturated rings. The molecule has 2 aromatic rings. The summed E-state index contributed by atoms with van der Waals surface area (Å²) in [6.45, 7) is 7.95. The number of carboxylic acid groups (broad SMARTS) is 1. The molecule has 2 aromatic carbocycles. The van der Waals surface area contributed by atoms with Crippen LogP contribution in [0, 0.1) is 0 Å². The van der Waals surface area contributed by atoms with E-state index in [9.17, 15) is 19.8 Å². The van der Waals surface area contributed by atoms with Crippen molar-refractivity contribution in [1.82, 2.24) is 0 Å². The first kappa shape index (κ1) is 20.2. The number of ether oxygens (including phenoxy) is 1. The van der Waals surface area contributed by atoms with Crippen molar-refractivity contribution in [3.05, 3.63) is 71.8 Å². The number of carboxylic acids is 1. The van der Waals surface area contributed by atoms with E-state index in [4.69, 9.17) is 4.74 Å². The second-order valence-electron chi connectivity index (χ2n) is 5.81. The van der Waals surface area contributed by atoms with E-state index in [1.807, 2.05) is 11.8 Å². The molecule has 6 heteroatoms. The molecule has 0 aliphatic heterocycles. The lowest BCUT2D eigenvalue weighted by molar-refractivity contribution is 0.0692. The van der Waals surface area contributed by atoms with Crippen LogP contribution < -0.4 is 4.90 Å². The number of rotatable bonds is 10. The lowest BCUT2D eigenvalue weighted by Crippen LogP contribution is -2.27. The molecule has 0 saturated heterocycles. The number of ketones is 1. The first-order valence-electron chi connectivity index (χ1n) is 8.63. The summed E-state index contributed by atoms with van der Waals surface area (Å²) >= 11 is 0. The summed E-state index contributed by atoms with van der Waals surface area (Å²) in [6.07, 6.45) is 1.74. The zero-order chi connectivity index (χ0) is 19.8. The van der Waals surface area contributed by atoms with Gasteiger partial charge in [0.25, 0.3) is 0 Å². The van der Waals surface area contributed by atoms with Crippen LogP contribution in [0.2, 0.25) is 0 Å². The number of carbonyl (C=O) groups is 2. The van der Waals surface area contributed by atoms with E-state index >= 15 is 0 Å². The molecule has 2 rings (SSSR count). The Morgan fingerprint density at radius 1 is 1.15 bits per heavy atom. The van der Waals surface area contributed by atoms with Gasteiger partial charge in [0.2, 0.25) is 0 Å². The molecule has 6 nitrogen and oxygen atoms in total. The third-order valence-electron chi connectivity index (χ3n) is 4.05. The SMILES string of the molecule is C=CCN(CCOCC)c1ccc(C(=O)c2ccccc2C(=O)O)c(O)c1. The third-order valence-corrected chi connectivity index (χ3v) is 4.05. The summed E-state index contributed by atoms with van der Waals surface area (Å²) < 4.78 is 5.37. The van der Waals surface area contributed by atoms with Crippen LogP contribution in [0.25, 0.3) is 0 Å². The highest BCUT2D eigenvalue weighted by Crippen LogP contribution is 2.27. The lowest BCUT2D eigenvalue weighted by atomic mass is 9.97. The molecule has 0 aromatic heterocycles. The Morgan fingerprint density at radius 2 is 1.85 bits per heavy atom. The van der Waals surface area contributed by atoms with Crippen LogP contribution in [-0.2, 0) is 4.74 Å². The van der Waals surface area contributed by atoms with Crippen molar-refractivity contribution in [3.63, 3.8) is 0 Å². The van der Waals surface area contributed by atoms with Gasteiger partial charge in [0.15, 0.2) is 5.78 Å². The second kappa shape index (κ2) is 9.54. The lowest BCUT2D eigenvalue weighted by Gasteiger charge is -2.23. The second-order valence-corrected chi connectivity index (χ2v) is 5.81. The van der Waals surface area contributed by atoms with Crippen LogP contribution in [0.5, 0.6) is 5.75 Å². The quantitative estimate of drug-likeness (QED) is 0.379. The maximum Gasteiger partial charge on any atom is 0.336 e. The first-order valence-corrected chi connectivity index (χ1v) is 8.63. The minimum absolute atomic E-state index is 0.0346. The first-order chi connectivity index (χ1) is 13.0. The van der Waals surface area contributed by atoms with Crippen LogP contribution in [0.15, 0.2) is 55.1 Å². The summed E-state index contributed by atoms with van der Waals surface area (Å²) in [5.74, 6) is -1.94. The van der Waals surface area contributed by atoms with Crippen LogP contribution in [0.1, 0.15) is 33.2 Å². The van der Waals surface area contributed by atoms with Gasteiger partial charge in [0, 0.05) is 37.0 Å². The topological polar surface area (TPSA) is 87.1 Å². The molecule has 142 valence electrons. The largest absolute Gasteiger partial charge is 0.507 e. The van der Waals surface area contributed by atoms with Gasteiger partial charge in [-0.3, -0.25) is 4.79 Å². The highest BCUT2D eigenvalue weighted by atomic mass is 16.5. The van der Waals surface area contributed by atoms with Gasteiger partial charge in [-0.05, 0) is 25.1 Å². The molecule has 0 unspecified atom stereocenters. The maximum atomic E-state index is 12.7. The zero-order valence-electron chi connectivity index (χ0n) is 15.2. The summed E-state index contributed by atoms with van der Waals surface area (Å²) in [5.41, 5.74) is 0.703. The van der Waals surface area contributed by atoms with Crippen LogP contribution in [-0.4, -0.2) is 48.3 Å². The number of anilines is 1. The molecule has 0 bridgehead atoms. The van der Waals surface area contributed by atoms with Gasteiger partial charge < -0.3 is 19.8 Å². The minimum atomic E-state index is -1.19. The Labute approximate surface area is 158 Å². The smallest absolute Gasteiger partial charge is 0.336 e. The van der Waals surface area contributed by atoms with Crippen LogP contribution in [0.3, 0.4) is 0 Å². The Kier molecular flexibility index (Phi) is 7.14. The summed E-state index contributed by atoms with van der Waals surface area (Å²) in [6, 6.07) is 10.6. The Balaban J connectivity index is 2.31. The summed E-state index contributed by atoms with van der Waals surface area (Å²) in [5, 5.41) is 19.7. The molecule has 0 aliphatic carbocycles. The number of nitrogens with zero attached hydrogens (tertiary/aromatic N) is 1. The minimum Gasteiger partial charge on any atom is -0.507 e. The van der Waals surface area contributed by atoms with E-state index in [1.165, 1.54) is 24.3 Å². The van der Waals surface area contributed by atoms with Crippen molar-refractivity contribution >= 4 is 17.4 Å². The van der Waals surface area contributed by atoms with E-state index in [-0.39, 0.29) is 22.4 Å². The van der Waals surface area contributed by atoms with Gasteiger partial charge >= 0.3 is 5.97 Å². The average molecular weight is 369 g/mol. The van der Waals surface area contributed by atoms with E-state index in [2.05, 4.69) is 6.58 Å². The number of aromatic hydroxyl groups is 1. The molecular formula is C21H23NO5. The predicted octanol–water partition coefficient (Wildman–Crippen LogP) is 3.35. The van der Waals surface area contributed by atoms with Gasteiger partial charge in [0.1, 0.15) is 5.75 Å². The molecule has 0 aliphatic rings. The number of aromatic carboxylic acids is 1. The van der Waals surface area contributed by atoms with E-state index in [0.717, 1.165) is 5.69 Å². The monoisotopic (exact) mass is 369 g/mol. The molecule has 0 radical (unpaired) electrons. The van der Waals surface area contributed by atoms with Crippen LogP contribution in [0.4, 0.5) is 5.69 Å². The number of phenols is 1. The van der Waals surface area contributed by atoms with Crippen molar-refractivity contribution in [2.24, 2.45) is 0 Å². The number of hydrogen-bond donors (Lipinski definition) is 2. The van der Waals surface area contributed by atoms with Crippen molar-refractivity contribution < 1.29 is 24.5 Å². The van der Waals surface area contributed by atoms with Gasteiger partial charge in [-0.1, -0.05) is 24.3 Å². The van der Waals surface area contributed by atoms with E-state index in [0.29, 0.717) is 26.3 Å². The van der Waals surface area contributed by atoms with E-state index in [1.54, 1.807) is 24.3 Å². The molecule has 0 amide bonds. The van der Waals surface area contributed by atoms with Crippen molar-refractivity contribution in [3.8, 4) is 5.75 Å². The highest BCUT2D eigenvalue weighted by molar-refractivity contribution is 6.15. The average Bonchev–Trinajstić information content (AvgIpc) is 2.67. The van der Waals surface area contributed by atoms with Crippen molar-refractivity contribution in [1.29, 1.82) is 0 Å². The molecule has 2 N–H and O–H groups in total. The number of benzene rings is 2. The van der Waals surface area contributed by atoms with Crippen molar-refractivity contribution in [2.45, 2.75) is 6.92 Å². The molecule has 0 heterocycles. The van der Waals surface area contributed by atoms with Gasteiger partial charge in [-0.25, -0.2) is 4.79 Å². The molecule has 0 spiro atoms.